The molecule has 0 radical (unpaired) electrons. The first-order chi connectivity index (χ1) is 9.25. The van der Waals surface area contributed by atoms with Crippen molar-refractivity contribution in [2.75, 3.05) is 6.54 Å². The van der Waals surface area contributed by atoms with Gasteiger partial charge in [0.05, 0.1) is 0 Å². The molecule has 0 unspecified atom stereocenters. The summed E-state index contributed by atoms with van der Waals surface area (Å²) in [6.07, 6.45) is 9.49. The molecule has 0 amide bonds. The van der Waals surface area contributed by atoms with Crippen LogP contribution in [-0.4, -0.2) is 6.54 Å². The van der Waals surface area contributed by atoms with Crippen LogP contribution in [0.15, 0.2) is 24.3 Å². The largest absolute Gasteiger partial charge is 0.330 e. The molecule has 2 N–H and O–H groups in total. The van der Waals surface area contributed by atoms with Gasteiger partial charge in [-0.1, -0.05) is 50.5 Å². The molecule has 2 fully saturated rings. The van der Waals surface area contributed by atoms with Crippen LogP contribution in [0.25, 0.3) is 0 Å². The van der Waals surface area contributed by atoms with Crippen molar-refractivity contribution >= 4 is 0 Å². The number of benzene rings is 1. The summed E-state index contributed by atoms with van der Waals surface area (Å²) in [4.78, 5) is 0. The van der Waals surface area contributed by atoms with Crippen molar-refractivity contribution in [3.05, 3.63) is 35.4 Å². The summed E-state index contributed by atoms with van der Waals surface area (Å²) < 4.78 is 0. The lowest BCUT2D eigenvalue weighted by Gasteiger charge is -2.44. The van der Waals surface area contributed by atoms with Gasteiger partial charge in [-0.05, 0) is 48.6 Å². The minimum atomic E-state index is 0.319. The lowest BCUT2D eigenvalue weighted by molar-refractivity contribution is 0.247. The SMILES string of the molecule is CC1CCC(c2ccccc2C2(CN)CCC2)CC1. The molecular formula is C18H27N. The average molecular weight is 257 g/mol. The van der Waals surface area contributed by atoms with Crippen molar-refractivity contribution in [1.29, 1.82) is 0 Å². The zero-order chi connectivity index (χ0) is 13.3. The van der Waals surface area contributed by atoms with Crippen LogP contribution in [0.1, 0.15) is 68.9 Å². The van der Waals surface area contributed by atoms with E-state index in [1.54, 1.807) is 11.1 Å². The van der Waals surface area contributed by atoms with E-state index >= 15 is 0 Å². The molecule has 1 aromatic rings. The van der Waals surface area contributed by atoms with Gasteiger partial charge in [-0.25, -0.2) is 0 Å². The smallest absolute Gasteiger partial charge is 0.00784 e. The average Bonchev–Trinajstić information content (AvgIpc) is 2.40. The molecule has 0 aliphatic heterocycles. The minimum absolute atomic E-state index is 0.319. The molecule has 1 heteroatoms. The van der Waals surface area contributed by atoms with Crippen LogP contribution in [0, 0.1) is 5.92 Å². The summed E-state index contributed by atoms with van der Waals surface area (Å²) in [5, 5.41) is 0. The van der Waals surface area contributed by atoms with Gasteiger partial charge in [0, 0.05) is 12.0 Å². The molecule has 0 atom stereocenters. The van der Waals surface area contributed by atoms with Gasteiger partial charge in [-0.2, -0.15) is 0 Å². The van der Waals surface area contributed by atoms with Gasteiger partial charge >= 0.3 is 0 Å². The quantitative estimate of drug-likeness (QED) is 0.855. The standard InChI is InChI=1S/C18H27N/c1-14-7-9-15(10-8-14)16-5-2-3-6-17(16)18(13-19)11-4-12-18/h2-3,5-6,14-15H,4,7-13,19H2,1H3. The molecule has 104 valence electrons. The highest BCUT2D eigenvalue weighted by molar-refractivity contribution is 5.39. The van der Waals surface area contributed by atoms with Crippen molar-refractivity contribution in [3.8, 4) is 0 Å². The molecule has 0 saturated heterocycles. The number of nitrogens with two attached hydrogens (primary N) is 1. The van der Waals surface area contributed by atoms with Crippen LogP contribution < -0.4 is 5.73 Å². The van der Waals surface area contributed by atoms with E-state index in [4.69, 9.17) is 5.73 Å². The van der Waals surface area contributed by atoms with Crippen LogP contribution >= 0.6 is 0 Å². The first kappa shape index (κ1) is 13.2. The Morgan fingerprint density at radius 3 is 2.37 bits per heavy atom. The third-order valence-electron chi connectivity index (χ3n) is 5.69. The third kappa shape index (κ3) is 2.33. The van der Waals surface area contributed by atoms with Crippen LogP contribution in [0.4, 0.5) is 0 Å². The first-order valence-electron chi connectivity index (χ1n) is 8.05. The van der Waals surface area contributed by atoms with E-state index in [0.717, 1.165) is 18.4 Å². The van der Waals surface area contributed by atoms with Crippen LogP contribution in [0.5, 0.6) is 0 Å². The molecule has 1 aromatic carbocycles. The lowest BCUT2D eigenvalue weighted by Crippen LogP contribution is -2.42. The highest BCUT2D eigenvalue weighted by Gasteiger charge is 2.39. The van der Waals surface area contributed by atoms with Gasteiger partial charge in [0.1, 0.15) is 0 Å². The normalized spacial score (nSPS) is 29.8. The fraction of sp³-hybridized carbons (Fsp3) is 0.667. The predicted molar refractivity (Wildman–Crippen MR) is 81.4 cm³/mol. The second-order valence-corrected chi connectivity index (χ2v) is 6.88. The van der Waals surface area contributed by atoms with E-state index in [1.165, 1.54) is 44.9 Å². The van der Waals surface area contributed by atoms with E-state index in [-0.39, 0.29) is 0 Å². The Bertz CT molecular complexity index is 420. The highest BCUT2D eigenvalue weighted by Crippen LogP contribution is 2.47. The Labute approximate surface area is 117 Å². The summed E-state index contributed by atoms with van der Waals surface area (Å²) >= 11 is 0. The molecule has 2 saturated carbocycles. The van der Waals surface area contributed by atoms with E-state index in [1.807, 2.05) is 0 Å². The Morgan fingerprint density at radius 1 is 1.11 bits per heavy atom. The van der Waals surface area contributed by atoms with Crippen molar-refractivity contribution in [2.24, 2.45) is 11.7 Å². The van der Waals surface area contributed by atoms with Gasteiger partial charge in [-0.3, -0.25) is 0 Å². The molecule has 0 bridgehead atoms. The van der Waals surface area contributed by atoms with Crippen molar-refractivity contribution in [1.82, 2.24) is 0 Å². The molecule has 1 nitrogen and oxygen atoms in total. The van der Waals surface area contributed by atoms with E-state index in [0.29, 0.717) is 5.41 Å². The monoisotopic (exact) mass is 257 g/mol. The predicted octanol–water partition coefficient (Wildman–Crippen LogP) is 4.36. The van der Waals surface area contributed by atoms with Crippen molar-refractivity contribution in [2.45, 2.75) is 63.2 Å². The maximum atomic E-state index is 6.12. The van der Waals surface area contributed by atoms with Gasteiger partial charge in [0.15, 0.2) is 0 Å². The molecule has 19 heavy (non-hydrogen) atoms. The Morgan fingerprint density at radius 2 is 1.79 bits per heavy atom. The van der Waals surface area contributed by atoms with Crippen LogP contribution in [-0.2, 0) is 5.41 Å². The summed E-state index contributed by atoms with van der Waals surface area (Å²) in [6, 6.07) is 9.17. The first-order valence-corrected chi connectivity index (χ1v) is 8.05. The van der Waals surface area contributed by atoms with Gasteiger partial charge in [0.2, 0.25) is 0 Å². The molecule has 0 heterocycles. The number of hydrogen-bond acceptors (Lipinski definition) is 1. The molecular weight excluding hydrogens is 230 g/mol. The second-order valence-electron chi connectivity index (χ2n) is 6.88. The van der Waals surface area contributed by atoms with E-state index in [9.17, 15) is 0 Å². The van der Waals surface area contributed by atoms with Crippen molar-refractivity contribution < 1.29 is 0 Å². The Hall–Kier alpha value is -0.820. The number of rotatable bonds is 3. The van der Waals surface area contributed by atoms with Crippen LogP contribution in [0.2, 0.25) is 0 Å². The zero-order valence-electron chi connectivity index (χ0n) is 12.2. The summed E-state index contributed by atoms with van der Waals surface area (Å²) in [6.45, 7) is 3.22. The summed E-state index contributed by atoms with van der Waals surface area (Å²) in [5.41, 5.74) is 9.65. The van der Waals surface area contributed by atoms with Gasteiger partial charge < -0.3 is 5.73 Å². The van der Waals surface area contributed by atoms with Gasteiger partial charge in [0.25, 0.3) is 0 Å². The van der Waals surface area contributed by atoms with Crippen molar-refractivity contribution in [3.63, 3.8) is 0 Å². The Balaban J connectivity index is 1.89. The van der Waals surface area contributed by atoms with E-state index < -0.39 is 0 Å². The maximum Gasteiger partial charge on any atom is 0.00784 e. The fourth-order valence-electron chi connectivity index (χ4n) is 4.09. The fourth-order valence-corrected chi connectivity index (χ4v) is 4.09. The molecule has 2 aliphatic carbocycles. The van der Waals surface area contributed by atoms with Crippen LogP contribution in [0.3, 0.4) is 0 Å². The summed E-state index contributed by atoms with van der Waals surface area (Å²) in [5.74, 6) is 1.71. The zero-order valence-corrected chi connectivity index (χ0v) is 12.2. The highest BCUT2D eigenvalue weighted by atomic mass is 14.6. The molecule has 3 rings (SSSR count). The minimum Gasteiger partial charge on any atom is -0.330 e. The van der Waals surface area contributed by atoms with E-state index in [2.05, 4.69) is 31.2 Å². The summed E-state index contributed by atoms with van der Waals surface area (Å²) in [7, 11) is 0. The Kier molecular flexibility index (Phi) is 3.66. The second kappa shape index (κ2) is 5.28. The maximum absolute atomic E-state index is 6.12. The number of hydrogen-bond donors (Lipinski definition) is 1. The lowest BCUT2D eigenvalue weighted by atomic mass is 9.61. The third-order valence-corrected chi connectivity index (χ3v) is 5.69. The topological polar surface area (TPSA) is 26.0 Å². The molecule has 0 aromatic heterocycles. The van der Waals surface area contributed by atoms with Gasteiger partial charge in [-0.15, -0.1) is 0 Å². The molecule has 0 spiro atoms. The molecule has 2 aliphatic rings.